The van der Waals surface area contributed by atoms with Crippen LogP contribution in [0.15, 0.2) is 44.5 Å². The molecule has 0 spiro atoms. The Morgan fingerprint density at radius 1 is 1.32 bits per heavy atom. The van der Waals surface area contributed by atoms with Gasteiger partial charge in [0.05, 0.1) is 11.5 Å². The van der Waals surface area contributed by atoms with Gasteiger partial charge < -0.3 is 0 Å². The summed E-state index contributed by atoms with van der Waals surface area (Å²) in [6.07, 6.45) is 1.37. The van der Waals surface area contributed by atoms with Crippen LogP contribution < -0.4 is 11.2 Å². The van der Waals surface area contributed by atoms with Crippen molar-refractivity contribution in [3.05, 3.63) is 71.5 Å². The first-order chi connectivity index (χ1) is 8.97. The van der Waals surface area contributed by atoms with E-state index in [1.165, 1.54) is 29.0 Å². The Morgan fingerprint density at radius 3 is 2.63 bits per heavy atom. The smallest absolute Gasteiger partial charge is 0.296 e. The molecule has 0 amide bonds. The molecule has 0 fully saturated rings. The lowest BCUT2D eigenvalue weighted by Gasteiger charge is -2.06. The summed E-state index contributed by atoms with van der Waals surface area (Å²) in [6.45, 7) is 0.203. The van der Waals surface area contributed by atoms with Gasteiger partial charge in [-0.2, -0.15) is 0 Å². The molecule has 1 heterocycles. The summed E-state index contributed by atoms with van der Waals surface area (Å²) in [5.74, 6) is 0. The standard InChI is InChI=1S/C11H8BrN3O4/c12-9-5-8(15(18)19)2-1-7(9)6-14-4-3-10(16)13-11(14)17/h1-5H,6H2,(H,13,16,17). The van der Waals surface area contributed by atoms with Crippen LogP contribution in [-0.4, -0.2) is 14.5 Å². The summed E-state index contributed by atoms with van der Waals surface area (Å²) in [5, 5.41) is 10.6. The van der Waals surface area contributed by atoms with Gasteiger partial charge in [-0.05, 0) is 11.6 Å². The molecule has 2 aromatic rings. The molecule has 1 N–H and O–H groups in total. The molecule has 0 radical (unpaired) electrons. The number of aromatic nitrogens is 2. The maximum Gasteiger partial charge on any atom is 0.328 e. The van der Waals surface area contributed by atoms with Crippen LogP contribution >= 0.6 is 15.9 Å². The van der Waals surface area contributed by atoms with Gasteiger partial charge in [-0.15, -0.1) is 0 Å². The first-order valence-electron chi connectivity index (χ1n) is 5.20. The Balaban J connectivity index is 2.36. The van der Waals surface area contributed by atoms with Gasteiger partial charge >= 0.3 is 5.69 Å². The second kappa shape index (κ2) is 5.19. The molecule has 0 aliphatic rings. The number of halogens is 1. The lowest BCUT2D eigenvalue weighted by molar-refractivity contribution is -0.384. The summed E-state index contributed by atoms with van der Waals surface area (Å²) in [5.41, 5.74) is -0.342. The summed E-state index contributed by atoms with van der Waals surface area (Å²) in [6, 6.07) is 5.52. The number of nitrogens with one attached hydrogen (secondary N) is 1. The zero-order valence-corrected chi connectivity index (χ0v) is 11.1. The molecule has 7 nitrogen and oxygen atoms in total. The number of nitro benzene ring substituents is 1. The van der Waals surface area contributed by atoms with Gasteiger partial charge in [0.15, 0.2) is 0 Å². The molecule has 1 aromatic heterocycles. The third-order valence-corrected chi connectivity index (χ3v) is 3.22. The molecule has 0 atom stereocenters. The fourth-order valence-electron chi connectivity index (χ4n) is 1.53. The van der Waals surface area contributed by atoms with Gasteiger partial charge in [0, 0.05) is 28.9 Å². The van der Waals surface area contributed by atoms with Crippen molar-refractivity contribution < 1.29 is 4.92 Å². The van der Waals surface area contributed by atoms with Gasteiger partial charge in [0.2, 0.25) is 0 Å². The number of nitrogens with zero attached hydrogens (tertiary/aromatic N) is 2. The molecule has 0 unspecified atom stereocenters. The summed E-state index contributed by atoms with van der Waals surface area (Å²) >= 11 is 3.22. The SMILES string of the molecule is O=c1ccn(Cc2ccc([N+](=O)[O-])cc2Br)c(=O)[nH]1. The highest BCUT2D eigenvalue weighted by Gasteiger charge is 2.09. The lowest BCUT2D eigenvalue weighted by Crippen LogP contribution is -2.28. The Morgan fingerprint density at radius 2 is 2.05 bits per heavy atom. The number of aromatic amines is 1. The zero-order chi connectivity index (χ0) is 14.0. The van der Waals surface area contributed by atoms with E-state index in [9.17, 15) is 19.7 Å². The number of H-pyrrole nitrogens is 1. The molecule has 2 rings (SSSR count). The topological polar surface area (TPSA) is 98.0 Å². The van der Waals surface area contributed by atoms with E-state index in [0.29, 0.717) is 10.0 Å². The minimum absolute atomic E-state index is 0.0376. The van der Waals surface area contributed by atoms with E-state index in [1.807, 2.05) is 0 Å². The van der Waals surface area contributed by atoms with Crippen LogP contribution in [0.3, 0.4) is 0 Å². The summed E-state index contributed by atoms with van der Waals surface area (Å²) < 4.78 is 1.83. The highest BCUT2D eigenvalue weighted by atomic mass is 79.9. The van der Waals surface area contributed by atoms with Crippen LogP contribution in [0.5, 0.6) is 0 Å². The molecule has 8 heteroatoms. The largest absolute Gasteiger partial charge is 0.328 e. The first kappa shape index (κ1) is 13.2. The maximum absolute atomic E-state index is 11.5. The Kier molecular flexibility index (Phi) is 3.61. The van der Waals surface area contributed by atoms with Crippen LogP contribution in [0.4, 0.5) is 5.69 Å². The molecule has 0 saturated carbocycles. The Hall–Kier alpha value is -2.22. The number of nitro groups is 1. The van der Waals surface area contributed by atoms with Crippen molar-refractivity contribution in [3.8, 4) is 0 Å². The number of rotatable bonds is 3. The fourth-order valence-corrected chi connectivity index (χ4v) is 2.02. The van der Waals surface area contributed by atoms with Crippen LogP contribution in [0.1, 0.15) is 5.56 Å². The predicted octanol–water partition coefficient (Wildman–Crippen LogP) is 1.26. The summed E-state index contributed by atoms with van der Waals surface area (Å²) in [4.78, 5) is 34.7. The van der Waals surface area contributed by atoms with Crippen LogP contribution in [-0.2, 0) is 6.54 Å². The van der Waals surface area contributed by atoms with Crippen molar-refractivity contribution in [1.29, 1.82) is 0 Å². The minimum Gasteiger partial charge on any atom is -0.296 e. The predicted molar refractivity (Wildman–Crippen MR) is 71.2 cm³/mol. The second-order valence-corrected chi connectivity index (χ2v) is 4.63. The molecule has 0 bridgehead atoms. The fraction of sp³-hybridized carbons (Fsp3) is 0.0909. The average molecular weight is 326 g/mol. The van der Waals surface area contributed by atoms with Gasteiger partial charge in [0.1, 0.15) is 0 Å². The van der Waals surface area contributed by atoms with Crippen molar-refractivity contribution >= 4 is 21.6 Å². The normalized spacial score (nSPS) is 10.4. The molecule has 19 heavy (non-hydrogen) atoms. The number of benzene rings is 1. The number of non-ortho nitro benzene ring substituents is 1. The highest BCUT2D eigenvalue weighted by Crippen LogP contribution is 2.23. The molecule has 0 saturated heterocycles. The Bertz CT molecular complexity index is 750. The van der Waals surface area contributed by atoms with E-state index in [4.69, 9.17) is 0 Å². The molecular weight excluding hydrogens is 318 g/mol. The van der Waals surface area contributed by atoms with E-state index in [1.54, 1.807) is 6.07 Å². The number of hydrogen-bond acceptors (Lipinski definition) is 4. The van der Waals surface area contributed by atoms with E-state index in [-0.39, 0.29) is 12.2 Å². The van der Waals surface area contributed by atoms with E-state index in [0.717, 1.165) is 0 Å². The van der Waals surface area contributed by atoms with Crippen LogP contribution in [0, 0.1) is 10.1 Å². The summed E-state index contributed by atoms with van der Waals surface area (Å²) in [7, 11) is 0. The molecule has 0 aliphatic heterocycles. The van der Waals surface area contributed by atoms with E-state index < -0.39 is 16.2 Å². The van der Waals surface area contributed by atoms with Crippen molar-refractivity contribution in [1.82, 2.24) is 9.55 Å². The number of hydrogen-bond donors (Lipinski definition) is 1. The molecule has 98 valence electrons. The lowest BCUT2D eigenvalue weighted by atomic mass is 10.2. The third kappa shape index (κ3) is 2.97. The molecule has 1 aromatic carbocycles. The van der Waals surface area contributed by atoms with Crippen molar-refractivity contribution in [2.75, 3.05) is 0 Å². The maximum atomic E-state index is 11.5. The quantitative estimate of drug-likeness (QED) is 0.678. The zero-order valence-electron chi connectivity index (χ0n) is 9.50. The third-order valence-electron chi connectivity index (χ3n) is 2.49. The first-order valence-corrected chi connectivity index (χ1v) is 5.99. The van der Waals surface area contributed by atoms with E-state index >= 15 is 0 Å². The van der Waals surface area contributed by atoms with Gasteiger partial charge in [0.25, 0.3) is 11.2 Å². The van der Waals surface area contributed by atoms with Gasteiger partial charge in [-0.25, -0.2) is 4.79 Å². The van der Waals surface area contributed by atoms with Crippen molar-refractivity contribution in [2.45, 2.75) is 6.54 Å². The molecule has 0 aliphatic carbocycles. The minimum atomic E-state index is -0.530. The van der Waals surface area contributed by atoms with Crippen molar-refractivity contribution in [3.63, 3.8) is 0 Å². The van der Waals surface area contributed by atoms with Gasteiger partial charge in [-0.3, -0.25) is 24.5 Å². The van der Waals surface area contributed by atoms with Crippen LogP contribution in [0.25, 0.3) is 0 Å². The monoisotopic (exact) mass is 325 g/mol. The van der Waals surface area contributed by atoms with Crippen molar-refractivity contribution in [2.24, 2.45) is 0 Å². The Labute approximate surface area is 114 Å². The van der Waals surface area contributed by atoms with Crippen LogP contribution in [0.2, 0.25) is 0 Å². The molecular formula is C11H8BrN3O4. The average Bonchev–Trinajstić information content (AvgIpc) is 2.34. The van der Waals surface area contributed by atoms with Gasteiger partial charge in [-0.1, -0.05) is 15.9 Å². The van der Waals surface area contributed by atoms with E-state index in [2.05, 4.69) is 20.9 Å². The second-order valence-electron chi connectivity index (χ2n) is 3.77. The highest BCUT2D eigenvalue weighted by molar-refractivity contribution is 9.10.